The number of benzene rings is 2. The molecule has 2 N–H and O–H groups in total. The highest BCUT2D eigenvalue weighted by Crippen LogP contribution is 2.44. The molecule has 1 amide bonds. The number of carbonyl (C=O) groups is 2. The molecule has 0 saturated heterocycles. The number of halogens is 2. The smallest absolute Gasteiger partial charge is 0.407 e. The number of hydrogen-bond acceptors (Lipinski definition) is 3. The maximum Gasteiger partial charge on any atom is 0.407 e. The highest BCUT2D eigenvalue weighted by Gasteiger charge is 2.29. The molecule has 2 aromatic rings. The zero-order valence-electron chi connectivity index (χ0n) is 14.4. The summed E-state index contributed by atoms with van der Waals surface area (Å²) in [5.74, 6) is -1.53. The molecule has 0 unspecified atom stereocenters. The number of rotatable bonds is 7. The standard InChI is InChI=1S/C20H19F2NO4/c21-18(22)10-9-17(19(24)25)23-20(26)27-11-16-14-7-3-1-5-12(14)13-6-2-4-8-15(13)16/h1-8,16-18H,9-11H2,(H,23,26)(H,24,25)/t17-/m1/s1. The summed E-state index contributed by atoms with van der Waals surface area (Å²) < 4.78 is 29.8. The first-order valence-corrected chi connectivity index (χ1v) is 8.60. The molecule has 3 rings (SSSR count). The number of alkyl halides is 2. The summed E-state index contributed by atoms with van der Waals surface area (Å²) in [6.45, 7) is 0.0288. The molecule has 5 nitrogen and oxygen atoms in total. The molecule has 0 spiro atoms. The molecule has 1 aliphatic carbocycles. The van der Waals surface area contributed by atoms with Gasteiger partial charge < -0.3 is 15.2 Å². The van der Waals surface area contributed by atoms with Crippen LogP contribution < -0.4 is 5.32 Å². The highest BCUT2D eigenvalue weighted by atomic mass is 19.3. The second-order valence-electron chi connectivity index (χ2n) is 6.33. The van der Waals surface area contributed by atoms with Gasteiger partial charge in [0.15, 0.2) is 0 Å². The van der Waals surface area contributed by atoms with Crippen molar-refractivity contribution in [2.45, 2.75) is 31.2 Å². The SMILES string of the molecule is O=C(N[C@H](CCC(F)F)C(=O)O)OCC1c2ccccc2-c2ccccc21. The van der Waals surface area contributed by atoms with E-state index in [4.69, 9.17) is 9.84 Å². The van der Waals surface area contributed by atoms with Crippen molar-refractivity contribution in [1.82, 2.24) is 5.32 Å². The first-order valence-electron chi connectivity index (χ1n) is 8.60. The van der Waals surface area contributed by atoms with Crippen molar-refractivity contribution in [3.05, 3.63) is 59.7 Å². The molecule has 1 atom stereocenters. The van der Waals surface area contributed by atoms with E-state index in [2.05, 4.69) is 5.32 Å². The molecule has 142 valence electrons. The van der Waals surface area contributed by atoms with Crippen LogP contribution in [0.3, 0.4) is 0 Å². The van der Waals surface area contributed by atoms with Gasteiger partial charge in [0.2, 0.25) is 6.43 Å². The lowest BCUT2D eigenvalue weighted by Crippen LogP contribution is -2.41. The number of aliphatic carboxylic acids is 1. The number of ether oxygens (including phenoxy) is 1. The number of hydrogen-bond donors (Lipinski definition) is 2. The van der Waals surface area contributed by atoms with Crippen molar-refractivity contribution in [2.24, 2.45) is 0 Å². The number of fused-ring (bicyclic) bond motifs is 3. The van der Waals surface area contributed by atoms with Crippen LogP contribution in [0, 0.1) is 0 Å². The molecule has 0 saturated carbocycles. The van der Waals surface area contributed by atoms with E-state index in [1.54, 1.807) is 0 Å². The van der Waals surface area contributed by atoms with Crippen LogP contribution in [0.15, 0.2) is 48.5 Å². The van der Waals surface area contributed by atoms with Gasteiger partial charge in [0.25, 0.3) is 0 Å². The van der Waals surface area contributed by atoms with Crippen molar-refractivity contribution in [3.8, 4) is 11.1 Å². The third-order valence-corrected chi connectivity index (χ3v) is 4.61. The van der Waals surface area contributed by atoms with Gasteiger partial charge in [-0.05, 0) is 28.7 Å². The lowest BCUT2D eigenvalue weighted by atomic mass is 9.98. The quantitative estimate of drug-likeness (QED) is 0.766. The van der Waals surface area contributed by atoms with E-state index in [-0.39, 0.29) is 18.9 Å². The molecule has 2 aromatic carbocycles. The molecule has 1 aliphatic rings. The summed E-state index contributed by atoms with van der Waals surface area (Å²) in [7, 11) is 0. The second kappa shape index (κ2) is 8.16. The van der Waals surface area contributed by atoms with Crippen LogP contribution in [0.2, 0.25) is 0 Å². The Hall–Kier alpha value is -2.96. The molecular weight excluding hydrogens is 356 g/mol. The number of carbonyl (C=O) groups excluding carboxylic acids is 1. The Morgan fingerprint density at radius 3 is 2.07 bits per heavy atom. The van der Waals surface area contributed by atoms with Crippen LogP contribution in [0.1, 0.15) is 29.9 Å². The normalized spacial score (nSPS) is 13.7. The fourth-order valence-corrected chi connectivity index (χ4v) is 3.33. The maximum atomic E-state index is 12.3. The average Bonchev–Trinajstić information content (AvgIpc) is 2.97. The van der Waals surface area contributed by atoms with Crippen LogP contribution in [-0.4, -0.2) is 36.2 Å². The molecule has 0 fully saturated rings. The molecule has 0 aliphatic heterocycles. The summed E-state index contributed by atoms with van der Waals surface area (Å²) in [4.78, 5) is 23.1. The third-order valence-electron chi connectivity index (χ3n) is 4.61. The predicted molar refractivity (Wildman–Crippen MR) is 94.9 cm³/mol. The first-order chi connectivity index (χ1) is 13.0. The van der Waals surface area contributed by atoms with Crippen LogP contribution in [0.5, 0.6) is 0 Å². The summed E-state index contributed by atoms with van der Waals surface area (Å²) >= 11 is 0. The van der Waals surface area contributed by atoms with Gasteiger partial charge in [-0.15, -0.1) is 0 Å². The van der Waals surface area contributed by atoms with Crippen molar-refractivity contribution >= 4 is 12.1 Å². The van der Waals surface area contributed by atoms with Crippen molar-refractivity contribution < 1.29 is 28.2 Å². The van der Waals surface area contributed by atoms with Gasteiger partial charge in [0, 0.05) is 12.3 Å². The lowest BCUT2D eigenvalue weighted by Gasteiger charge is -2.17. The van der Waals surface area contributed by atoms with Gasteiger partial charge in [0.05, 0.1) is 0 Å². The van der Waals surface area contributed by atoms with Gasteiger partial charge in [-0.2, -0.15) is 0 Å². The molecule has 27 heavy (non-hydrogen) atoms. The van der Waals surface area contributed by atoms with Crippen LogP contribution in [0.4, 0.5) is 13.6 Å². The topological polar surface area (TPSA) is 75.6 Å². The van der Waals surface area contributed by atoms with E-state index >= 15 is 0 Å². The predicted octanol–water partition coefficient (Wildman–Crippen LogP) is 4.02. The summed E-state index contributed by atoms with van der Waals surface area (Å²) in [5.41, 5.74) is 4.20. The van der Waals surface area contributed by atoms with Gasteiger partial charge in [0.1, 0.15) is 12.6 Å². The summed E-state index contributed by atoms with van der Waals surface area (Å²) in [5, 5.41) is 11.2. The van der Waals surface area contributed by atoms with E-state index in [1.807, 2.05) is 48.5 Å². The second-order valence-corrected chi connectivity index (χ2v) is 6.33. The minimum absolute atomic E-state index is 0.0288. The first kappa shape index (κ1) is 18.8. The van der Waals surface area contributed by atoms with Crippen molar-refractivity contribution in [3.63, 3.8) is 0 Å². The molecule has 0 aromatic heterocycles. The Bertz CT molecular complexity index is 795. The number of alkyl carbamates (subject to hydrolysis) is 1. The minimum atomic E-state index is -2.63. The Morgan fingerprint density at radius 1 is 1.00 bits per heavy atom. The van der Waals surface area contributed by atoms with E-state index in [0.29, 0.717) is 0 Å². The van der Waals surface area contributed by atoms with E-state index < -0.39 is 31.0 Å². The lowest BCUT2D eigenvalue weighted by molar-refractivity contribution is -0.139. The maximum absolute atomic E-state index is 12.3. The molecular formula is C20H19F2NO4. The Kier molecular flexibility index (Phi) is 5.69. The monoisotopic (exact) mass is 375 g/mol. The largest absolute Gasteiger partial charge is 0.480 e. The minimum Gasteiger partial charge on any atom is -0.480 e. The zero-order valence-corrected chi connectivity index (χ0v) is 14.4. The number of nitrogens with one attached hydrogen (secondary N) is 1. The van der Waals surface area contributed by atoms with Crippen LogP contribution >= 0.6 is 0 Å². The summed E-state index contributed by atoms with van der Waals surface area (Å²) in [6, 6.07) is 14.2. The third kappa shape index (κ3) is 4.24. The Labute approximate surface area is 155 Å². The Morgan fingerprint density at radius 2 is 1.56 bits per heavy atom. The van der Waals surface area contributed by atoms with E-state index in [9.17, 15) is 18.4 Å². The number of carboxylic acid groups (broad SMARTS) is 1. The van der Waals surface area contributed by atoms with Gasteiger partial charge in [-0.25, -0.2) is 18.4 Å². The van der Waals surface area contributed by atoms with Crippen molar-refractivity contribution in [1.29, 1.82) is 0 Å². The zero-order chi connectivity index (χ0) is 19.4. The molecule has 0 radical (unpaired) electrons. The summed E-state index contributed by atoms with van der Waals surface area (Å²) in [6.07, 6.45) is -4.53. The molecule has 7 heteroatoms. The molecule has 0 heterocycles. The van der Waals surface area contributed by atoms with E-state index in [0.717, 1.165) is 22.3 Å². The average molecular weight is 375 g/mol. The van der Waals surface area contributed by atoms with Crippen molar-refractivity contribution in [2.75, 3.05) is 6.61 Å². The number of amides is 1. The Balaban J connectivity index is 1.66. The molecule has 0 bridgehead atoms. The fraction of sp³-hybridized carbons (Fsp3) is 0.300. The van der Waals surface area contributed by atoms with Gasteiger partial charge in [-0.1, -0.05) is 48.5 Å². The van der Waals surface area contributed by atoms with E-state index in [1.165, 1.54) is 0 Å². The van der Waals surface area contributed by atoms with Gasteiger partial charge >= 0.3 is 12.1 Å². The highest BCUT2D eigenvalue weighted by molar-refractivity contribution is 5.81. The fourth-order valence-electron chi connectivity index (χ4n) is 3.33. The van der Waals surface area contributed by atoms with Gasteiger partial charge in [-0.3, -0.25) is 0 Å². The van der Waals surface area contributed by atoms with Crippen LogP contribution in [0.25, 0.3) is 11.1 Å². The number of carboxylic acids is 1. The van der Waals surface area contributed by atoms with Crippen LogP contribution in [-0.2, 0) is 9.53 Å².